The SMILES string of the molecule is CC(C)OCCCNC(=O)/C(=C/c1cccs1)NC(=O)c1ccccc1. The number of carbonyl (C=O) groups is 2. The maximum absolute atomic E-state index is 12.5. The number of nitrogens with one attached hydrogen (secondary N) is 2. The van der Waals surface area contributed by atoms with Gasteiger partial charge in [-0.05, 0) is 49.9 Å². The summed E-state index contributed by atoms with van der Waals surface area (Å²) < 4.78 is 5.46. The number of amides is 2. The molecule has 0 aliphatic heterocycles. The minimum Gasteiger partial charge on any atom is -0.379 e. The molecule has 138 valence electrons. The van der Waals surface area contributed by atoms with E-state index in [1.807, 2.05) is 37.4 Å². The molecule has 2 amide bonds. The van der Waals surface area contributed by atoms with E-state index in [-0.39, 0.29) is 23.6 Å². The maximum Gasteiger partial charge on any atom is 0.267 e. The van der Waals surface area contributed by atoms with Gasteiger partial charge in [-0.2, -0.15) is 0 Å². The quantitative estimate of drug-likeness (QED) is 0.523. The molecule has 1 heterocycles. The van der Waals surface area contributed by atoms with E-state index in [4.69, 9.17) is 4.74 Å². The summed E-state index contributed by atoms with van der Waals surface area (Å²) in [6.07, 6.45) is 2.57. The lowest BCUT2D eigenvalue weighted by Gasteiger charge is -2.11. The molecule has 2 rings (SSSR count). The molecule has 0 atom stereocenters. The first-order valence-corrected chi connectivity index (χ1v) is 9.45. The van der Waals surface area contributed by atoms with Gasteiger partial charge in [-0.3, -0.25) is 9.59 Å². The minimum atomic E-state index is -0.313. The van der Waals surface area contributed by atoms with Crippen LogP contribution in [0.1, 0.15) is 35.5 Å². The Balaban J connectivity index is 2.00. The molecular weight excluding hydrogens is 348 g/mol. The van der Waals surface area contributed by atoms with Crippen molar-refractivity contribution in [2.24, 2.45) is 0 Å². The molecule has 2 N–H and O–H groups in total. The number of carbonyl (C=O) groups excluding carboxylic acids is 2. The van der Waals surface area contributed by atoms with Crippen molar-refractivity contribution >= 4 is 29.2 Å². The zero-order valence-corrected chi connectivity index (χ0v) is 15.8. The predicted octanol–water partition coefficient (Wildman–Crippen LogP) is 3.45. The Morgan fingerprint density at radius 2 is 1.92 bits per heavy atom. The third-order valence-electron chi connectivity index (χ3n) is 3.42. The lowest BCUT2D eigenvalue weighted by Crippen LogP contribution is -2.35. The van der Waals surface area contributed by atoms with Gasteiger partial charge in [-0.15, -0.1) is 11.3 Å². The highest BCUT2D eigenvalue weighted by atomic mass is 32.1. The fraction of sp³-hybridized carbons (Fsp3) is 0.300. The summed E-state index contributed by atoms with van der Waals surface area (Å²) in [6, 6.07) is 12.6. The summed E-state index contributed by atoms with van der Waals surface area (Å²) in [5.41, 5.74) is 0.730. The molecule has 1 aromatic carbocycles. The van der Waals surface area contributed by atoms with Crippen LogP contribution in [0.5, 0.6) is 0 Å². The molecule has 6 heteroatoms. The van der Waals surface area contributed by atoms with Crippen molar-refractivity contribution < 1.29 is 14.3 Å². The first-order chi connectivity index (χ1) is 12.6. The van der Waals surface area contributed by atoms with Crippen LogP contribution < -0.4 is 10.6 Å². The van der Waals surface area contributed by atoms with Gasteiger partial charge in [-0.1, -0.05) is 24.3 Å². The Kier molecular flexibility index (Phi) is 8.05. The van der Waals surface area contributed by atoms with Crippen LogP contribution in [0.15, 0.2) is 53.5 Å². The van der Waals surface area contributed by atoms with Gasteiger partial charge in [0.1, 0.15) is 5.70 Å². The number of benzene rings is 1. The number of hydrogen-bond donors (Lipinski definition) is 2. The molecular formula is C20H24N2O3S. The molecule has 0 saturated carbocycles. The molecule has 2 aromatic rings. The lowest BCUT2D eigenvalue weighted by molar-refractivity contribution is -0.117. The smallest absolute Gasteiger partial charge is 0.267 e. The van der Waals surface area contributed by atoms with Crippen LogP contribution in [0.3, 0.4) is 0 Å². The summed E-state index contributed by atoms with van der Waals surface area (Å²) in [5.74, 6) is -0.626. The van der Waals surface area contributed by atoms with Crippen LogP contribution in [-0.2, 0) is 9.53 Å². The van der Waals surface area contributed by atoms with Gasteiger partial charge >= 0.3 is 0 Å². The summed E-state index contributed by atoms with van der Waals surface area (Å²) in [7, 11) is 0. The van der Waals surface area contributed by atoms with E-state index in [2.05, 4.69) is 10.6 Å². The van der Waals surface area contributed by atoms with Crippen LogP contribution in [0, 0.1) is 0 Å². The Hall–Kier alpha value is -2.44. The van der Waals surface area contributed by atoms with Gasteiger partial charge in [0.15, 0.2) is 0 Å². The van der Waals surface area contributed by atoms with Gasteiger partial charge in [0, 0.05) is 23.6 Å². The largest absolute Gasteiger partial charge is 0.379 e. The van der Waals surface area contributed by atoms with Crippen molar-refractivity contribution in [3.63, 3.8) is 0 Å². The maximum atomic E-state index is 12.5. The van der Waals surface area contributed by atoms with Crippen LogP contribution in [0.2, 0.25) is 0 Å². The molecule has 0 fully saturated rings. The summed E-state index contributed by atoms with van der Waals surface area (Å²) >= 11 is 1.50. The predicted molar refractivity (Wildman–Crippen MR) is 105 cm³/mol. The lowest BCUT2D eigenvalue weighted by atomic mass is 10.2. The minimum absolute atomic E-state index is 0.171. The fourth-order valence-electron chi connectivity index (χ4n) is 2.15. The van der Waals surface area contributed by atoms with E-state index in [1.165, 1.54) is 11.3 Å². The Morgan fingerprint density at radius 1 is 1.15 bits per heavy atom. The Morgan fingerprint density at radius 3 is 2.58 bits per heavy atom. The molecule has 1 aromatic heterocycles. The second-order valence-electron chi connectivity index (χ2n) is 5.92. The van der Waals surface area contributed by atoms with E-state index < -0.39 is 0 Å². The summed E-state index contributed by atoms with van der Waals surface area (Å²) in [5, 5.41) is 7.46. The third kappa shape index (κ3) is 6.82. The summed E-state index contributed by atoms with van der Waals surface area (Å²) in [6.45, 7) is 5.01. The standard InChI is InChI=1S/C20H24N2O3S/c1-15(2)25-12-7-11-21-20(24)18(14-17-10-6-13-26-17)22-19(23)16-8-4-3-5-9-16/h3-6,8-10,13-15H,7,11-12H2,1-2H3,(H,21,24)(H,22,23)/b18-14-. The van der Waals surface area contributed by atoms with Gasteiger partial charge < -0.3 is 15.4 Å². The second kappa shape index (κ2) is 10.5. The monoisotopic (exact) mass is 372 g/mol. The van der Waals surface area contributed by atoms with E-state index >= 15 is 0 Å². The van der Waals surface area contributed by atoms with Crippen LogP contribution in [0.4, 0.5) is 0 Å². The van der Waals surface area contributed by atoms with E-state index in [9.17, 15) is 9.59 Å². The molecule has 0 bridgehead atoms. The van der Waals surface area contributed by atoms with Gasteiger partial charge in [0.2, 0.25) is 0 Å². The molecule has 0 saturated heterocycles. The zero-order chi connectivity index (χ0) is 18.8. The van der Waals surface area contributed by atoms with Crippen molar-refractivity contribution in [1.29, 1.82) is 0 Å². The number of rotatable bonds is 9. The molecule has 0 aliphatic rings. The van der Waals surface area contributed by atoms with Crippen molar-refractivity contribution in [1.82, 2.24) is 10.6 Å². The number of thiophene rings is 1. The van der Waals surface area contributed by atoms with E-state index in [0.29, 0.717) is 25.1 Å². The first kappa shape index (κ1) is 19.9. The first-order valence-electron chi connectivity index (χ1n) is 8.57. The average Bonchev–Trinajstić information content (AvgIpc) is 3.14. The highest BCUT2D eigenvalue weighted by molar-refractivity contribution is 7.10. The van der Waals surface area contributed by atoms with Crippen molar-refractivity contribution in [3.8, 4) is 0 Å². The van der Waals surface area contributed by atoms with Crippen LogP contribution in [0.25, 0.3) is 6.08 Å². The van der Waals surface area contributed by atoms with Crippen LogP contribution >= 0.6 is 11.3 Å². The average molecular weight is 372 g/mol. The molecule has 0 radical (unpaired) electrons. The highest BCUT2D eigenvalue weighted by Crippen LogP contribution is 2.13. The fourth-order valence-corrected chi connectivity index (χ4v) is 2.80. The van der Waals surface area contributed by atoms with E-state index in [1.54, 1.807) is 30.3 Å². The molecule has 0 spiro atoms. The van der Waals surface area contributed by atoms with Crippen molar-refractivity contribution in [3.05, 3.63) is 64.0 Å². The van der Waals surface area contributed by atoms with E-state index in [0.717, 1.165) is 4.88 Å². The molecule has 0 unspecified atom stereocenters. The van der Waals surface area contributed by atoms with Gasteiger partial charge in [0.05, 0.1) is 6.10 Å². The number of ether oxygens (including phenoxy) is 1. The Bertz CT molecular complexity index is 725. The normalized spacial score (nSPS) is 11.4. The van der Waals surface area contributed by atoms with Gasteiger partial charge in [-0.25, -0.2) is 0 Å². The molecule has 5 nitrogen and oxygen atoms in total. The number of hydrogen-bond acceptors (Lipinski definition) is 4. The summed E-state index contributed by atoms with van der Waals surface area (Å²) in [4.78, 5) is 25.8. The van der Waals surface area contributed by atoms with Crippen molar-refractivity contribution in [2.45, 2.75) is 26.4 Å². The molecule has 0 aliphatic carbocycles. The van der Waals surface area contributed by atoms with Crippen molar-refractivity contribution in [2.75, 3.05) is 13.2 Å². The van der Waals surface area contributed by atoms with Crippen LogP contribution in [-0.4, -0.2) is 31.1 Å². The third-order valence-corrected chi connectivity index (χ3v) is 4.24. The topological polar surface area (TPSA) is 67.4 Å². The van der Waals surface area contributed by atoms with Gasteiger partial charge in [0.25, 0.3) is 11.8 Å². The second-order valence-corrected chi connectivity index (χ2v) is 6.90. The Labute approximate surface area is 158 Å². The molecule has 26 heavy (non-hydrogen) atoms. The highest BCUT2D eigenvalue weighted by Gasteiger charge is 2.14. The zero-order valence-electron chi connectivity index (χ0n) is 15.0.